The van der Waals surface area contributed by atoms with E-state index in [-0.39, 0.29) is 27.8 Å². The predicted octanol–water partition coefficient (Wildman–Crippen LogP) is 4.14. The first-order chi connectivity index (χ1) is 19.6. The highest BCUT2D eigenvalue weighted by atomic mass is 32.2. The summed E-state index contributed by atoms with van der Waals surface area (Å²) < 4.78 is 42.8. The van der Waals surface area contributed by atoms with Crippen LogP contribution in [0, 0.1) is 10.1 Å². The molecule has 1 amide bonds. The Morgan fingerprint density at radius 1 is 0.927 bits per heavy atom. The summed E-state index contributed by atoms with van der Waals surface area (Å²) in [4.78, 5) is 34.6. The van der Waals surface area contributed by atoms with Gasteiger partial charge in [0.05, 0.1) is 34.4 Å². The lowest BCUT2D eigenvalue weighted by atomic mass is 10.1. The number of methoxy groups -OCH3 is 1. The maximum Gasteiger partial charge on any atom is 0.344 e. The van der Waals surface area contributed by atoms with Crippen LogP contribution in [0.15, 0.2) is 89.8 Å². The number of fused-ring (bicyclic) bond motifs is 1. The van der Waals surface area contributed by atoms with Gasteiger partial charge in [0, 0.05) is 13.1 Å². The van der Waals surface area contributed by atoms with Crippen LogP contribution < -0.4 is 19.1 Å². The Hall–Kier alpha value is -5.17. The molecule has 0 unspecified atom stereocenters. The lowest BCUT2D eigenvalue weighted by Gasteiger charge is -2.20. The van der Waals surface area contributed by atoms with Crippen LogP contribution in [0.2, 0.25) is 0 Å². The van der Waals surface area contributed by atoms with Crippen LogP contribution in [0.3, 0.4) is 0 Å². The molecule has 0 aliphatic carbocycles. The van der Waals surface area contributed by atoms with Gasteiger partial charge in [0.25, 0.3) is 21.6 Å². The second kappa shape index (κ2) is 12.3. The second-order valence-corrected chi connectivity index (χ2v) is 10.6. The number of hydrogen-bond donors (Lipinski definition) is 1. The minimum atomic E-state index is -3.83. The maximum atomic E-state index is 13.2. The number of carbonyl (C=O) groups is 2. The van der Waals surface area contributed by atoms with Gasteiger partial charge in [-0.05, 0) is 53.2 Å². The zero-order chi connectivity index (χ0) is 29.6. The molecule has 0 heterocycles. The van der Waals surface area contributed by atoms with Crippen molar-refractivity contribution in [2.45, 2.75) is 4.90 Å². The number of non-ortho nitro benzene ring substituents is 1. The van der Waals surface area contributed by atoms with E-state index in [0.717, 1.165) is 21.1 Å². The summed E-state index contributed by atoms with van der Waals surface area (Å²) in [6.07, 6.45) is 0. The highest BCUT2D eigenvalue weighted by Crippen LogP contribution is 2.29. The standard InChI is InChI=1S/C28H25N3O9S/c1-30(41(36,37)24-13-7-19-5-3-4-6-20(19)15-24)21-8-11-23(12-9-21)39-18-28(33)40-17-27(32)29-25-14-10-22(31(34)35)16-26(25)38-2/h3-16H,17-18H2,1-2H3,(H,29,32). The van der Waals surface area contributed by atoms with Crippen LogP contribution in [0.25, 0.3) is 10.8 Å². The summed E-state index contributed by atoms with van der Waals surface area (Å²) in [5.41, 5.74) is 0.337. The van der Waals surface area contributed by atoms with E-state index in [1.54, 1.807) is 18.2 Å². The molecule has 0 bridgehead atoms. The summed E-state index contributed by atoms with van der Waals surface area (Å²) in [7, 11) is -1.10. The van der Waals surface area contributed by atoms with Gasteiger partial charge < -0.3 is 19.5 Å². The minimum absolute atomic E-state index is 0.0707. The molecule has 0 saturated heterocycles. The largest absolute Gasteiger partial charge is 0.494 e. The molecule has 0 aliphatic rings. The van der Waals surface area contributed by atoms with Crippen LogP contribution in [0.5, 0.6) is 11.5 Å². The summed E-state index contributed by atoms with van der Waals surface area (Å²) >= 11 is 0. The van der Waals surface area contributed by atoms with Gasteiger partial charge in [-0.15, -0.1) is 0 Å². The monoisotopic (exact) mass is 579 g/mol. The summed E-state index contributed by atoms with van der Waals surface area (Å²) in [5.74, 6) is -1.16. The number of amides is 1. The molecule has 12 nitrogen and oxygen atoms in total. The van der Waals surface area contributed by atoms with Gasteiger partial charge in [0.15, 0.2) is 13.2 Å². The first kappa shape index (κ1) is 28.8. The molecule has 0 aliphatic heterocycles. The smallest absolute Gasteiger partial charge is 0.344 e. The van der Waals surface area contributed by atoms with Crippen molar-refractivity contribution in [2.75, 3.05) is 37.0 Å². The lowest BCUT2D eigenvalue weighted by Crippen LogP contribution is -2.26. The van der Waals surface area contributed by atoms with Crippen LogP contribution in [-0.2, 0) is 24.3 Å². The third-order valence-corrected chi connectivity index (χ3v) is 7.75. The summed E-state index contributed by atoms with van der Waals surface area (Å²) in [5, 5.41) is 15.1. The number of nitro groups is 1. The first-order valence-corrected chi connectivity index (χ1v) is 13.5. The first-order valence-electron chi connectivity index (χ1n) is 12.1. The molecule has 4 rings (SSSR count). The van der Waals surface area contributed by atoms with Crippen molar-refractivity contribution < 1.29 is 37.1 Å². The average Bonchev–Trinajstić information content (AvgIpc) is 2.98. The summed E-state index contributed by atoms with van der Waals surface area (Å²) in [6.45, 7) is -1.13. The average molecular weight is 580 g/mol. The van der Waals surface area contributed by atoms with Crippen molar-refractivity contribution in [3.05, 3.63) is 95.0 Å². The van der Waals surface area contributed by atoms with E-state index < -0.39 is 40.0 Å². The van der Waals surface area contributed by atoms with E-state index >= 15 is 0 Å². The van der Waals surface area contributed by atoms with Crippen molar-refractivity contribution in [1.29, 1.82) is 0 Å². The molecular weight excluding hydrogens is 554 g/mol. The highest BCUT2D eigenvalue weighted by molar-refractivity contribution is 7.92. The van der Waals surface area contributed by atoms with Crippen LogP contribution in [-0.4, -0.2) is 52.6 Å². The fourth-order valence-corrected chi connectivity index (χ4v) is 5.02. The molecule has 1 N–H and O–H groups in total. The van der Waals surface area contributed by atoms with E-state index in [4.69, 9.17) is 14.2 Å². The number of anilines is 2. The molecule has 0 aromatic heterocycles. The molecule has 41 heavy (non-hydrogen) atoms. The van der Waals surface area contributed by atoms with Gasteiger partial charge >= 0.3 is 5.97 Å². The van der Waals surface area contributed by atoms with E-state index in [9.17, 15) is 28.1 Å². The molecule has 0 saturated carbocycles. The second-order valence-electron chi connectivity index (χ2n) is 8.61. The Bertz CT molecular complexity index is 1710. The van der Waals surface area contributed by atoms with E-state index in [0.29, 0.717) is 5.69 Å². The van der Waals surface area contributed by atoms with Crippen molar-refractivity contribution >= 4 is 49.7 Å². The fraction of sp³-hybridized carbons (Fsp3) is 0.143. The Morgan fingerprint density at radius 2 is 1.63 bits per heavy atom. The van der Waals surface area contributed by atoms with Crippen LogP contribution in [0.4, 0.5) is 17.1 Å². The number of rotatable bonds is 11. The van der Waals surface area contributed by atoms with Gasteiger partial charge in [0.1, 0.15) is 11.5 Å². The quantitative estimate of drug-likeness (QED) is 0.157. The SMILES string of the molecule is COc1cc([N+](=O)[O-])ccc1NC(=O)COC(=O)COc1ccc(N(C)S(=O)(=O)c2ccc3ccccc3c2)cc1. The third kappa shape index (κ3) is 6.89. The fourth-order valence-electron chi connectivity index (χ4n) is 3.79. The van der Waals surface area contributed by atoms with Crippen molar-refractivity contribution in [3.8, 4) is 11.5 Å². The van der Waals surface area contributed by atoms with Crippen LogP contribution in [0.1, 0.15) is 0 Å². The van der Waals surface area contributed by atoms with Gasteiger partial charge in [0.2, 0.25) is 0 Å². The van der Waals surface area contributed by atoms with E-state index in [1.165, 1.54) is 50.6 Å². The number of benzene rings is 4. The van der Waals surface area contributed by atoms with Crippen LogP contribution >= 0.6 is 0 Å². The Kier molecular flexibility index (Phi) is 8.68. The van der Waals surface area contributed by atoms with E-state index in [1.807, 2.05) is 24.3 Å². The maximum absolute atomic E-state index is 13.2. The third-order valence-electron chi connectivity index (χ3n) is 5.97. The molecule has 13 heteroatoms. The molecule has 0 atom stereocenters. The molecule has 0 spiro atoms. The van der Waals surface area contributed by atoms with Crippen molar-refractivity contribution in [1.82, 2.24) is 0 Å². The van der Waals surface area contributed by atoms with Crippen molar-refractivity contribution in [2.24, 2.45) is 0 Å². The predicted molar refractivity (Wildman–Crippen MR) is 151 cm³/mol. The molecule has 212 valence electrons. The topological polar surface area (TPSA) is 154 Å². The number of nitrogens with zero attached hydrogens (tertiary/aromatic N) is 2. The zero-order valence-electron chi connectivity index (χ0n) is 22.0. The molecular formula is C28H25N3O9S. The normalized spacial score (nSPS) is 11.0. The Morgan fingerprint density at radius 3 is 2.32 bits per heavy atom. The number of esters is 1. The summed E-state index contributed by atoms with van der Waals surface area (Å²) in [6, 6.07) is 22.1. The lowest BCUT2D eigenvalue weighted by molar-refractivity contribution is -0.384. The molecule has 0 radical (unpaired) electrons. The molecule has 4 aromatic rings. The van der Waals surface area contributed by atoms with Crippen molar-refractivity contribution in [3.63, 3.8) is 0 Å². The Labute approximate surface area is 235 Å². The minimum Gasteiger partial charge on any atom is -0.494 e. The number of nitro benzene ring substituents is 1. The number of nitrogens with one attached hydrogen (secondary N) is 1. The van der Waals surface area contributed by atoms with Gasteiger partial charge in [-0.25, -0.2) is 13.2 Å². The van der Waals surface area contributed by atoms with E-state index in [2.05, 4.69) is 5.32 Å². The molecule has 4 aromatic carbocycles. The molecule has 0 fully saturated rings. The Balaban J connectivity index is 1.29. The van der Waals surface area contributed by atoms with Gasteiger partial charge in [-0.3, -0.25) is 19.2 Å². The number of ether oxygens (including phenoxy) is 3. The number of sulfonamides is 1. The zero-order valence-corrected chi connectivity index (χ0v) is 22.8. The number of hydrogen-bond acceptors (Lipinski definition) is 9. The van der Waals surface area contributed by atoms with Gasteiger partial charge in [-0.2, -0.15) is 0 Å². The number of carbonyl (C=O) groups excluding carboxylic acids is 2. The highest BCUT2D eigenvalue weighted by Gasteiger charge is 2.22. The van der Waals surface area contributed by atoms with Gasteiger partial charge in [-0.1, -0.05) is 30.3 Å².